The highest BCUT2D eigenvalue weighted by atomic mass is 19.1. The lowest BCUT2D eigenvalue weighted by atomic mass is 9.87. The van der Waals surface area contributed by atoms with Gasteiger partial charge in [0.1, 0.15) is 0 Å². The van der Waals surface area contributed by atoms with E-state index in [1.54, 1.807) is 13.0 Å². The van der Waals surface area contributed by atoms with Crippen LogP contribution in [0.3, 0.4) is 0 Å². The summed E-state index contributed by atoms with van der Waals surface area (Å²) in [7, 11) is 0. The third-order valence-corrected chi connectivity index (χ3v) is 3.89. The number of benzene rings is 1. The van der Waals surface area contributed by atoms with Gasteiger partial charge in [0.25, 0.3) is 0 Å². The quantitative estimate of drug-likeness (QED) is 0.907. The number of carbonyl (C=O) groups excluding carboxylic acids is 1. The first-order valence-electron chi connectivity index (χ1n) is 7.42. The van der Waals surface area contributed by atoms with Gasteiger partial charge in [-0.25, -0.2) is 4.39 Å². The van der Waals surface area contributed by atoms with E-state index in [0.717, 1.165) is 12.8 Å². The normalized spacial score (nSPS) is 17.3. The maximum atomic E-state index is 13.8. The second-order valence-corrected chi connectivity index (χ2v) is 5.31. The van der Waals surface area contributed by atoms with Crippen LogP contribution in [-0.2, 0) is 9.53 Å². The van der Waals surface area contributed by atoms with Crippen molar-refractivity contribution in [3.63, 3.8) is 0 Å². The van der Waals surface area contributed by atoms with Crippen LogP contribution in [0.2, 0.25) is 0 Å². The lowest BCUT2D eigenvalue weighted by molar-refractivity contribution is -0.122. The molecule has 1 atom stereocenters. The molecule has 1 saturated heterocycles. The van der Waals surface area contributed by atoms with Gasteiger partial charge < -0.3 is 14.8 Å². The van der Waals surface area contributed by atoms with E-state index in [2.05, 4.69) is 5.32 Å². The minimum Gasteiger partial charge on any atom is -0.491 e. The summed E-state index contributed by atoms with van der Waals surface area (Å²) in [5.74, 6) is -0.123. The van der Waals surface area contributed by atoms with Gasteiger partial charge >= 0.3 is 0 Å². The Morgan fingerprint density at radius 1 is 1.48 bits per heavy atom. The first-order chi connectivity index (χ1) is 10.1. The molecule has 1 aliphatic rings. The summed E-state index contributed by atoms with van der Waals surface area (Å²) in [6.07, 6.45) is 1.79. The van der Waals surface area contributed by atoms with Crippen LogP contribution in [0.5, 0.6) is 5.75 Å². The van der Waals surface area contributed by atoms with Gasteiger partial charge in [0.05, 0.1) is 6.61 Å². The zero-order chi connectivity index (χ0) is 15.2. The number of halogens is 1. The average Bonchev–Trinajstić information content (AvgIpc) is 2.50. The van der Waals surface area contributed by atoms with Crippen LogP contribution in [0.4, 0.5) is 10.1 Å². The summed E-state index contributed by atoms with van der Waals surface area (Å²) in [4.78, 5) is 12.2. The number of ether oxygens (including phenoxy) is 2. The van der Waals surface area contributed by atoms with E-state index in [1.807, 2.05) is 6.92 Å². The number of hydrogen-bond donors (Lipinski definition) is 1. The molecule has 21 heavy (non-hydrogen) atoms. The molecule has 1 aromatic carbocycles. The summed E-state index contributed by atoms with van der Waals surface area (Å²) in [5.41, 5.74) is 0.458. The Bertz CT molecular complexity index is 486. The zero-order valence-corrected chi connectivity index (χ0v) is 12.5. The van der Waals surface area contributed by atoms with Crippen molar-refractivity contribution >= 4 is 11.6 Å². The van der Waals surface area contributed by atoms with Crippen LogP contribution in [0, 0.1) is 17.7 Å². The summed E-state index contributed by atoms with van der Waals surface area (Å²) < 4.78 is 24.2. The summed E-state index contributed by atoms with van der Waals surface area (Å²) >= 11 is 0. The van der Waals surface area contributed by atoms with E-state index in [-0.39, 0.29) is 17.6 Å². The van der Waals surface area contributed by atoms with Crippen molar-refractivity contribution in [2.45, 2.75) is 26.7 Å². The van der Waals surface area contributed by atoms with Crippen LogP contribution >= 0.6 is 0 Å². The minimum atomic E-state index is -0.464. The lowest BCUT2D eigenvalue weighted by Crippen LogP contribution is -2.30. The van der Waals surface area contributed by atoms with Gasteiger partial charge in [0, 0.05) is 30.9 Å². The topological polar surface area (TPSA) is 47.6 Å². The molecule has 1 heterocycles. The zero-order valence-electron chi connectivity index (χ0n) is 12.5. The number of hydrogen-bond acceptors (Lipinski definition) is 3. The molecule has 1 aliphatic heterocycles. The molecule has 1 fully saturated rings. The number of rotatable bonds is 5. The van der Waals surface area contributed by atoms with Gasteiger partial charge in [-0.1, -0.05) is 6.92 Å². The van der Waals surface area contributed by atoms with Gasteiger partial charge in [-0.2, -0.15) is 0 Å². The number of carbonyl (C=O) groups is 1. The molecule has 0 aliphatic carbocycles. The van der Waals surface area contributed by atoms with E-state index in [4.69, 9.17) is 9.47 Å². The fourth-order valence-corrected chi connectivity index (χ4v) is 2.54. The molecule has 0 radical (unpaired) electrons. The molecular formula is C16H22FNO3. The first-order valence-corrected chi connectivity index (χ1v) is 7.42. The fourth-order valence-electron chi connectivity index (χ4n) is 2.54. The molecule has 0 bridgehead atoms. The van der Waals surface area contributed by atoms with Crippen molar-refractivity contribution in [3.05, 3.63) is 24.0 Å². The molecule has 2 rings (SSSR count). The molecule has 4 nitrogen and oxygen atoms in total. The molecule has 5 heteroatoms. The average molecular weight is 295 g/mol. The van der Waals surface area contributed by atoms with Crippen LogP contribution < -0.4 is 10.1 Å². The Balaban J connectivity index is 1.96. The molecule has 1 unspecified atom stereocenters. The van der Waals surface area contributed by atoms with E-state index >= 15 is 0 Å². The molecule has 116 valence electrons. The van der Waals surface area contributed by atoms with Gasteiger partial charge in [0.2, 0.25) is 5.91 Å². The smallest absolute Gasteiger partial charge is 0.227 e. The Morgan fingerprint density at radius 2 is 2.19 bits per heavy atom. The van der Waals surface area contributed by atoms with Crippen LogP contribution in [0.15, 0.2) is 18.2 Å². The van der Waals surface area contributed by atoms with Crippen molar-refractivity contribution in [1.29, 1.82) is 0 Å². The molecule has 1 N–H and O–H groups in total. The van der Waals surface area contributed by atoms with Gasteiger partial charge in [-0.3, -0.25) is 4.79 Å². The highest BCUT2D eigenvalue weighted by Crippen LogP contribution is 2.26. The summed E-state index contributed by atoms with van der Waals surface area (Å²) in [6, 6.07) is 4.48. The summed E-state index contributed by atoms with van der Waals surface area (Å²) in [6.45, 7) is 5.53. The molecule has 0 aromatic heterocycles. The Kier molecular flexibility index (Phi) is 5.56. The van der Waals surface area contributed by atoms with Crippen molar-refractivity contribution < 1.29 is 18.7 Å². The third kappa shape index (κ3) is 4.17. The van der Waals surface area contributed by atoms with Gasteiger partial charge in [-0.15, -0.1) is 0 Å². The highest BCUT2D eigenvalue weighted by Gasteiger charge is 2.26. The number of anilines is 1. The van der Waals surface area contributed by atoms with E-state index in [1.165, 1.54) is 12.1 Å². The first kappa shape index (κ1) is 15.8. The van der Waals surface area contributed by atoms with Crippen molar-refractivity contribution in [1.82, 2.24) is 0 Å². The van der Waals surface area contributed by atoms with E-state index in [0.29, 0.717) is 31.4 Å². The standard InChI is InChI=1S/C16H22FNO3/c1-3-21-15-5-4-13(10-14(15)17)18-16(19)11(2)12-6-8-20-9-7-12/h4-5,10-12H,3,6-9H2,1-2H3,(H,18,19). The third-order valence-electron chi connectivity index (χ3n) is 3.89. The second kappa shape index (κ2) is 7.41. The largest absolute Gasteiger partial charge is 0.491 e. The predicted octanol–water partition coefficient (Wildman–Crippen LogP) is 3.23. The van der Waals surface area contributed by atoms with Gasteiger partial charge in [-0.05, 0) is 37.8 Å². The summed E-state index contributed by atoms with van der Waals surface area (Å²) in [5, 5.41) is 2.77. The lowest BCUT2D eigenvalue weighted by Gasteiger charge is -2.27. The predicted molar refractivity (Wildman–Crippen MR) is 78.9 cm³/mol. The fraction of sp³-hybridized carbons (Fsp3) is 0.562. The van der Waals surface area contributed by atoms with Crippen molar-refractivity contribution in [3.8, 4) is 5.75 Å². The molecule has 1 aromatic rings. The Hall–Kier alpha value is -1.62. The van der Waals surface area contributed by atoms with Crippen LogP contribution in [0.1, 0.15) is 26.7 Å². The SMILES string of the molecule is CCOc1ccc(NC(=O)C(C)C2CCOCC2)cc1F. The Labute approximate surface area is 124 Å². The van der Waals surface area contributed by atoms with E-state index < -0.39 is 5.82 Å². The van der Waals surface area contributed by atoms with E-state index in [9.17, 15) is 9.18 Å². The van der Waals surface area contributed by atoms with Crippen LogP contribution in [0.25, 0.3) is 0 Å². The molecule has 0 saturated carbocycles. The van der Waals surface area contributed by atoms with Crippen molar-refractivity contribution in [2.75, 3.05) is 25.1 Å². The maximum absolute atomic E-state index is 13.8. The molecular weight excluding hydrogens is 273 g/mol. The molecule has 1 amide bonds. The number of amides is 1. The van der Waals surface area contributed by atoms with Gasteiger partial charge in [0.15, 0.2) is 11.6 Å². The van der Waals surface area contributed by atoms with Crippen molar-refractivity contribution in [2.24, 2.45) is 11.8 Å². The highest BCUT2D eigenvalue weighted by molar-refractivity contribution is 5.92. The monoisotopic (exact) mass is 295 g/mol. The second-order valence-electron chi connectivity index (χ2n) is 5.31. The molecule has 0 spiro atoms. The minimum absolute atomic E-state index is 0.0783. The Morgan fingerprint density at radius 3 is 2.81 bits per heavy atom. The maximum Gasteiger partial charge on any atom is 0.227 e. The van der Waals surface area contributed by atoms with Crippen LogP contribution in [-0.4, -0.2) is 25.7 Å². The number of nitrogens with one attached hydrogen (secondary N) is 1.